The number of anilines is 1. The van der Waals surface area contributed by atoms with E-state index in [4.69, 9.17) is 0 Å². The number of aryl methyl sites for hydroxylation is 1. The van der Waals surface area contributed by atoms with Crippen LogP contribution >= 0.6 is 0 Å². The van der Waals surface area contributed by atoms with Crippen molar-refractivity contribution in [3.8, 4) is 0 Å². The Morgan fingerprint density at radius 2 is 1.94 bits per heavy atom. The van der Waals surface area contributed by atoms with Crippen molar-refractivity contribution >= 4 is 33.6 Å². The average molecular weight is 465 g/mol. The fourth-order valence-corrected chi connectivity index (χ4v) is 6.07. The molecule has 9 nitrogen and oxygen atoms in total. The van der Waals surface area contributed by atoms with E-state index in [1.807, 2.05) is 6.92 Å². The van der Waals surface area contributed by atoms with Crippen molar-refractivity contribution in [3.05, 3.63) is 23.8 Å². The number of rotatable bonds is 7. The fourth-order valence-electron chi connectivity index (χ4n) is 4.58. The van der Waals surface area contributed by atoms with E-state index in [1.54, 1.807) is 26.8 Å². The Kier molecular flexibility index (Phi) is 6.94. The minimum atomic E-state index is -3.69. The van der Waals surface area contributed by atoms with Gasteiger partial charge in [-0.25, -0.2) is 13.2 Å². The highest BCUT2D eigenvalue weighted by Gasteiger charge is 2.55. The Balaban J connectivity index is 1.77. The van der Waals surface area contributed by atoms with Gasteiger partial charge in [-0.3, -0.25) is 14.5 Å². The van der Waals surface area contributed by atoms with Crippen LogP contribution in [0.2, 0.25) is 0 Å². The van der Waals surface area contributed by atoms with Crippen molar-refractivity contribution in [3.63, 3.8) is 0 Å². The van der Waals surface area contributed by atoms with Gasteiger partial charge in [-0.2, -0.15) is 4.31 Å². The van der Waals surface area contributed by atoms with Crippen molar-refractivity contribution in [2.75, 3.05) is 25.0 Å². The number of nitrogens with one attached hydrogen (secondary N) is 2. The zero-order valence-electron chi connectivity index (χ0n) is 19.1. The fraction of sp³-hybridized carbons (Fsp3) is 0.591. The van der Waals surface area contributed by atoms with E-state index in [1.165, 1.54) is 16.4 Å². The molecule has 32 heavy (non-hydrogen) atoms. The van der Waals surface area contributed by atoms with Crippen molar-refractivity contribution < 1.29 is 22.8 Å². The standard InChI is InChI=1S/C22H32N4O5S/c1-5-25(6-2)32(30,31)17-11-10-15(3)18(13-17)23-19(27)14-26-20(28)22(24-21(26)29)12-8-7-9-16(22)4/h10-11,13,16H,5-9,12,14H2,1-4H3,(H,23,27)(H,24,29). The lowest BCUT2D eigenvalue weighted by Gasteiger charge is -2.36. The third-order valence-electron chi connectivity index (χ3n) is 6.63. The molecule has 0 radical (unpaired) electrons. The SMILES string of the molecule is CCN(CC)S(=O)(=O)c1ccc(C)c(NC(=O)CN2C(=O)NC3(CCCCC3C)C2=O)c1. The summed E-state index contributed by atoms with van der Waals surface area (Å²) in [6.07, 6.45) is 3.28. The van der Waals surface area contributed by atoms with Gasteiger partial charge in [0.25, 0.3) is 5.91 Å². The largest absolute Gasteiger partial charge is 0.325 e. The van der Waals surface area contributed by atoms with Crippen molar-refractivity contribution in [2.45, 2.75) is 63.8 Å². The lowest BCUT2D eigenvalue weighted by atomic mass is 9.73. The van der Waals surface area contributed by atoms with E-state index in [-0.39, 0.29) is 16.7 Å². The lowest BCUT2D eigenvalue weighted by molar-refractivity contribution is -0.136. The predicted octanol–water partition coefficient (Wildman–Crippen LogP) is 2.46. The Labute approximate surface area is 189 Å². The van der Waals surface area contributed by atoms with E-state index in [2.05, 4.69) is 10.6 Å². The summed E-state index contributed by atoms with van der Waals surface area (Å²) in [6.45, 7) is 7.46. The Bertz CT molecular complexity index is 1020. The highest BCUT2D eigenvalue weighted by Crippen LogP contribution is 2.38. The van der Waals surface area contributed by atoms with Gasteiger partial charge in [0.1, 0.15) is 12.1 Å². The maximum absolute atomic E-state index is 13.1. The molecule has 1 saturated heterocycles. The maximum Gasteiger partial charge on any atom is 0.325 e. The molecule has 1 saturated carbocycles. The van der Waals surface area contributed by atoms with Crippen LogP contribution in [0.5, 0.6) is 0 Å². The Morgan fingerprint density at radius 1 is 1.25 bits per heavy atom. The molecule has 1 heterocycles. The zero-order chi connectivity index (χ0) is 23.7. The second-order valence-corrected chi connectivity index (χ2v) is 10.5. The number of amides is 4. The molecule has 2 aliphatic rings. The van der Waals surface area contributed by atoms with Gasteiger partial charge in [-0.05, 0) is 43.4 Å². The molecule has 3 rings (SSSR count). The first-order valence-electron chi connectivity index (χ1n) is 11.1. The number of sulfonamides is 1. The molecule has 1 aromatic carbocycles. The van der Waals surface area contributed by atoms with Gasteiger partial charge in [0, 0.05) is 18.8 Å². The number of nitrogens with zero attached hydrogens (tertiary/aromatic N) is 2. The number of hydrogen-bond donors (Lipinski definition) is 2. The summed E-state index contributed by atoms with van der Waals surface area (Å²) in [7, 11) is -3.69. The number of urea groups is 1. The second-order valence-electron chi connectivity index (χ2n) is 8.55. The highest BCUT2D eigenvalue weighted by atomic mass is 32.2. The average Bonchev–Trinajstić information content (AvgIpc) is 2.97. The maximum atomic E-state index is 13.1. The first kappa shape index (κ1) is 24.2. The lowest BCUT2D eigenvalue weighted by Crippen LogP contribution is -2.54. The van der Waals surface area contributed by atoms with Gasteiger partial charge in [-0.15, -0.1) is 0 Å². The van der Waals surface area contributed by atoms with Crippen LogP contribution in [0.1, 0.15) is 52.0 Å². The number of imide groups is 1. The van der Waals surface area contributed by atoms with Crippen LogP contribution in [-0.4, -0.2) is 60.6 Å². The molecule has 0 bridgehead atoms. The molecule has 2 atom stereocenters. The summed E-state index contributed by atoms with van der Waals surface area (Å²) in [5.74, 6) is -0.918. The Morgan fingerprint density at radius 3 is 2.56 bits per heavy atom. The Hall–Kier alpha value is -2.46. The van der Waals surface area contributed by atoms with E-state index < -0.39 is 34.0 Å². The van der Waals surface area contributed by atoms with E-state index in [9.17, 15) is 22.8 Å². The molecule has 0 aromatic heterocycles. The number of carbonyl (C=O) groups excluding carboxylic acids is 3. The molecule has 1 aliphatic carbocycles. The van der Waals surface area contributed by atoms with Crippen LogP contribution in [0, 0.1) is 12.8 Å². The molecular formula is C22H32N4O5S. The highest BCUT2D eigenvalue weighted by molar-refractivity contribution is 7.89. The summed E-state index contributed by atoms with van der Waals surface area (Å²) in [4.78, 5) is 39.3. The first-order chi connectivity index (χ1) is 15.1. The van der Waals surface area contributed by atoms with Crippen LogP contribution in [0.25, 0.3) is 0 Å². The van der Waals surface area contributed by atoms with Gasteiger partial charge in [0.2, 0.25) is 15.9 Å². The van der Waals surface area contributed by atoms with Crippen LogP contribution in [-0.2, 0) is 19.6 Å². The zero-order valence-corrected chi connectivity index (χ0v) is 19.9. The van der Waals surface area contributed by atoms with Gasteiger partial charge in [0.05, 0.1) is 4.90 Å². The monoisotopic (exact) mass is 464 g/mol. The van der Waals surface area contributed by atoms with Crippen molar-refractivity contribution in [1.29, 1.82) is 0 Å². The minimum absolute atomic E-state index is 0.00460. The predicted molar refractivity (Wildman–Crippen MR) is 121 cm³/mol. The van der Waals surface area contributed by atoms with Gasteiger partial charge >= 0.3 is 6.03 Å². The molecule has 2 unspecified atom stereocenters. The third kappa shape index (κ3) is 4.25. The van der Waals surface area contributed by atoms with Crippen LogP contribution in [0.3, 0.4) is 0 Å². The van der Waals surface area contributed by atoms with E-state index >= 15 is 0 Å². The normalized spacial score (nSPS) is 23.7. The van der Waals surface area contributed by atoms with E-state index in [0.29, 0.717) is 30.8 Å². The second kappa shape index (κ2) is 9.19. The topological polar surface area (TPSA) is 116 Å². The van der Waals surface area contributed by atoms with Crippen molar-refractivity contribution in [2.24, 2.45) is 5.92 Å². The molecule has 10 heteroatoms. The molecule has 1 spiro atoms. The van der Waals surface area contributed by atoms with Crippen LogP contribution in [0.15, 0.2) is 23.1 Å². The molecule has 1 aromatic rings. The molecule has 4 amide bonds. The summed E-state index contributed by atoms with van der Waals surface area (Å²) >= 11 is 0. The minimum Gasteiger partial charge on any atom is -0.324 e. The molecule has 2 fully saturated rings. The molecular weight excluding hydrogens is 432 g/mol. The van der Waals surface area contributed by atoms with Crippen molar-refractivity contribution in [1.82, 2.24) is 14.5 Å². The van der Waals surface area contributed by atoms with Gasteiger partial charge < -0.3 is 10.6 Å². The first-order valence-corrected chi connectivity index (χ1v) is 12.6. The molecule has 2 N–H and O–H groups in total. The third-order valence-corrected chi connectivity index (χ3v) is 8.68. The van der Waals surface area contributed by atoms with Crippen LogP contribution < -0.4 is 10.6 Å². The van der Waals surface area contributed by atoms with E-state index in [0.717, 1.165) is 24.2 Å². The summed E-state index contributed by atoms with van der Waals surface area (Å²) < 4.78 is 27.0. The number of benzene rings is 1. The molecule has 1 aliphatic heterocycles. The molecule has 176 valence electrons. The van der Waals surface area contributed by atoms with Crippen LogP contribution in [0.4, 0.5) is 10.5 Å². The smallest absolute Gasteiger partial charge is 0.324 e. The quantitative estimate of drug-likeness (QED) is 0.602. The van der Waals surface area contributed by atoms with Gasteiger partial charge in [-0.1, -0.05) is 39.7 Å². The van der Waals surface area contributed by atoms with Gasteiger partial charge in [0.15, 0.2) is 0 Å². The number of carbonyl (C=O) groups is 3. The number of hydrogen-bond acceptors (Lipinski definition) is 5. The summed E-state index contributed by atoms with van der Waals surface area (Å²) in [5.41, 5.74) is 0.0750. The summed E-state index contributed by atoms with van der Waals surface area (Å²) in [5, 5.41) is 5.50. The summed E-state index contributed by atoms with van der Waals surface area (Å²) in [6, 6.07) is 3.98.